The molecule has 0 saturated heterocycles. The minimum absolute atomic E-state index is 0. The van der Waals surface area contributed by atoms with Crippen molar-refractivity contribution in [2.24, 2.45) is 0 Å². The Bertz CT molecular complexity index is 148. The monoisotopic (exact) mass is 348 g/mol. The topological polar surface area (TPSA) is 74.6 Å². The van der Waals surface area contributed by atoms with Gasteiger partial charge >= 0.3 is 60.8 Å². The van der Waals surface area contributed by atoms with Crippen LogP contribution in [0.15, 0.2) is 25.3 Å². The van der Waals surface area contributed by atoms with E-state index in [2.05, 4.69) is 13.2 Å². The van der Waals surface area contributed by atoms with Gasteiger partial charge in [-0.05, 0) is 0 Å². The molecule has 0 rings (SSSR count). The van der Waals surface area contributed by atoms with Gasteiger partial charge < -0.3 is 13.1 Å². The zero-order chi connectivity index (χ0) is 8.57. The van der Waals surface area contributed by atoms with E-state index in [9.17, 15) is 9.59 Å². The largest absolute Gasteiger partial charge is 2.00 e. The van der Waals surface area contributed by atoms with E-state index in [-0.39, 0.29) is 71.2 Å². The summed E-state index contributed by atoms with van der Waals surface area (Å²) >= 11 is 0. The zero-order valence-corrected chi connectivity index (χ0v) is 14.1. The minimum Gasteiger partial charge on any atom is -1.00 e. The van der Waals surface area contributed by atoms with Gasteiger partial charge in [-0.25, -0.2) is 9.59 Å². The molecule has 0 radical (unpaired) electrons. The summed E-state index contributed by atoms with van der Waals surface area (Å²) < 4.78 is 0. The summed E-state index contributed by atoms with van der Waals surface area (Å²) in [5.74, 6) is -1.96. The van der Waals surface area contributed by atoms with Crippen LogP contribution < -0.4 is 0 Å². The van der Waals surface area contributed by atoms with Crippen LogP contribution in [0.1, 0.15) is 2.85 Å². The minimum atomic E-state index is -0.981. The molecule has 0 bridgehead atoms. The van der Waals surface area contributed by atoms with Crippen LogP contribution in [0.4, 0.5) is 0 Å². The molecular formula is C6H10BaO4Zn. The summed E-state index contributed by atoms with van der Waals surface area (Å²) in [4.78, 5) is 18.5. The molecule has 12 heavy (non-hydrogen) atoms. The molecule has 6 heteroatoms. The van der Waals surface area contributed by atoms with Crippen molar-refractivity contribution in [1.82, 2.24) is 0 Å². The van der Waals surface area contributed by atoms with Crippen LogP contribution in [-0.2, 0) is 29.1 Å². The fraction of sp³-hybridized carbons (Fsp3) is 0. The third-order valence-electron chi connectivity index (χ3n) is 0.349. The number of carboxylic acids is 2. The molecule has 0 aliphatic heterocycles. The summed E-state index contributed by atoms with van der Waals surface area (Å²) in [7, 11) is 0. The molecule has 0 heterocycles. The fourth-order valence-electron chi connectivity index (χ4n) is 0. The van der Waals surface area contributed by atoms with Gasteiger partial charge in [-0.15, -0.1) is 0 Å². The molecule has 4 nitrogen and oxygen atoms in total. The predicted octanol–water partition coefficient (Wildman–Crippen LogP) is 0.356. The molecule has 0 aromatic rings. The van der Waals surface area contributed by atoms with Crippen molar-refractivity contribution < 1.29 is 42.1 Å². The molecule has 0 aliphatic carbocycles. The zero-order valence-electron chi connectivity index (χ0n) is 8.69. The van der Waals surface area contributed by atoms with Gasteiger partial charge in [0.25, 0.3) is 0 Å². The van der Waals surface area contributed by atoms with Gasteiger partial charge in [0.2, 0.25) is 0 Å². The van der Waals surface area contributed by atoms with E-state index in [4.69, 9.17) is 10.2 Å². The van der Waals surface area contributed by atoms with Gasteiger partial charge in [0, 0.05) is 31.6 Å². The van der Waals surface area contributed by atoms with Crippen LogP contribution in [0.2, 0.25) is 0 Å². The Balaban J connectivity index is -0.0000000178. The molecule has 0 spiro atoms. The number of hydrogen-bond donors (Lipinski definition) is 2. The van der Waals surface area contributed by atoms with E-state index < -0.39 is 11.9 Å². The van der Waals surface area contributed by atoms with E-state index in [0.29, 0.717) is 0 Å². The van der Waals surface area contributed by atoms with Crippen molar-refractivity contribution >= 4 is 60.8 Å². The molecule has 2 N–H and O–H groups in total. The van der Waals surface area contributed by atoms with Gasteiger partial charge in [0.15, 0.2) is 0 Å². The molecule has 0 aromatic heterocycles. The summed E-state index contributed by atoms with van der Waals surface area (Å²) in [6, 6.07) is 0. The first-order chi connectivity index (χ1) is 4.54. The second kappa shape index (κ2) is 17.6. The molecule has 0 atom stereocenters. The Labute approximate surface area is 127 Å². The van der Waals surface area contributed by atoms with E-state index >= 15 is 0 Å². The third kappa shape index (κ3) is 46.1. The number of carbonyl (C=O) groups is 2. The number of aliphatic carboxylic acids is 2. The van der Waals surface area contributed by atoms with Crippen LogP contribution in [-0.4, -0.2) is 71.0 Å². The van der Waals surface area contributed by atoms with E-state index in [1.54, 1.807) is 0 Å². The first kappa shape index (κ1) is 22.9. The molecule has 0 aromatic carbocycles. The van der Waals surface area contributed by atoms with Gasteiger partial charge in [-0.2, -0.15) is 0 Å². The number of carboxylic acid groups (broad SMARTS) is 2. The first-order valence-electron chi connectivity index (χ1n) is 2.25. The number of hydrogen-bond acceptors (Lipinski definition) is 2. The molecule has 0 amide bonds. The normalized spacial score (nSPS) is 5.33. The molecule has 0 saturated carbocycles. The van der Waals surface area contributed by atoms with Gasteiger partial charge in [-0.1, -0.05) is 13.2 Å². The van der Waals surface area contributed by atoms with Crippen LogP contribution in [0.25, 0.3) is 0 Å². The van der Waals surface area contributed by atoms with Crippen molar-refractivity contribution in [2.45, 2.75) is 0 Å². The Hall–Kier alpha value is 0.615. The Kier molecular flexibility index (Phi) is 33.7. The summed E-state index contributed by atoms with van der Waals surface area (Å²) in [5, 5.41) is 15.2. The van der Waals surface area contributed by atoms with Gasteiger partial charge in [0.05, 0.1) is 0 Å². The SMILES string of the molecule is C=CC(=O)O.C=CC(=O)O.[Ba+2].[H-].[H-].[Zn]. The molecule has 0 fully saturated rings. The Morgan fingerprint density at radius 2 is 1.17 bits per heavy atom. The van der Waals surface area contributed by atoms with Crippen molar-refractivity contribution in [3.8, 4) is 0 Å². The van der Waals surface area contributed by atoms with Crippen LogP contribution >= 0.6 is 0 Å². The van der Waals surface area contributed by atoms with E-state index in [1.165, 1.54) is 0 Å². The maximum absolute atomic E-state index is 9.25. The standard InChI is InChI=1S/2C3H4O2.Ba.Zn.2H/c2*1-2-3(4)5;;;;/h2*2H,1H2,(H,4,5);;;;/q;;+2;;2*-1. The maximum Gasteiger partial charge on any atom is 2.00 e. The average Bonchev–Trinajstić information content (AvgIpc) is 1.89. The van der Waals surface area contributed by atoms with Crippen molar-refractivity contribution in [3.63, 3.8) is 0 Å². The predicted molar refractivity (Wildman–Crippen MR) is 43.6 cm³/mol. The Morgan fingerprint density at radius 3 is 1.17 bits per heavy atom. The second-order valence-electron chi connectivity index (χ2n) is 1.08. The number of rotatable bonds is 2. The quantitative estimate of drug-likeness (QED) is 0.558. The van der Waals surface area contributed by atoms with Crippen molar-refractivity contribution in [1.29, 1.82) is 0 Å². The summed E-state index contributed by atoms with van der Waals surface area (Å²) in [5.41, 5.74) is 0. The van der Waals surface area contributed by atoms with Crippen molar-refractivity contribution in [3.05, 3.63) is 25.3 Å². The summed E-state index contributed by atoms with van der Waals surface area (Å²) in [6.45, 7) is 5.92. The maximum atomic E-state index is 9.25. The molecule has 62 valence electrons. The molecule has 0 unspecified atom stereocenters. The third-order valence-corrected chi connectivity index (χ3v) is 0.349. The smallest absolute Gasteiger partial charge is 1.00 e. The van der Waals surface area contributed by atoms with Crippen LogP contribution in [0.3, 0.4) is 0 Å². The molecular weight excluding hydrogens is 339 g/mol. The van der Waals surface area contributed by atoms with Gasteiger partial charge in [-0.3, -0.25) is 0 Å². The average molecular weight is 349 g/mol. The van der Waals surface area contributed by atoms with Crippen LogP contribution in [0.5, 0.6) is 0 Å². The first-order valence-corrected chi connectivity index (χ1v) is 2.25. The van der Waals surface area contributed by atoms with Gasteiger partial charge in [0.1, 0.15) is 0 Å². The van der Waals surface area contributed by atoms with E-state index in [1.807, 2.05) is 0 Å². The van der Waals surface area contributed by atoms with Crippen molar-refractivity contribution in [2.75, 3.05) is 0 Å². The summed E-state index contributed by atoms with van der Waals surface area (Å²) in [6.07, 6.45) is 1.67. The molecule has 0 aliphatic rings. The Morgan fingerprint density at radius 1 is 1.08 bits per heavy atom. The van der Waals surface area contributed by atoms with E-state index in [0.717, 1.165) is 12.2 Å². The second-order valence-corrected chi connectivity index (χ2v) is 1.08. The fourth-order valence-corrected chi connectivity index (χ4v) is 0. The van der Waals surface area contributed by atoms with Crippen LogP contribution in [0, 0.1) is 0 Å².